The summed E-state index contributed by atoms with van der Waals surface area (Å²) in [5.41, 5.74) is 0.312. The molecule has 2 heterocycles. The van der Waals surface area contributed by atoms with Crippen molar-refractivity contribution in [2.45, 2.75) is 70.2 Å². The van der Waals surface area contributed by atoms with E-state index in [-0.39, 0.29) is 61.3 Å². The van der Waals surface area contributed by atoms with E-state index in [2.05, 4.69) is 0 Å². The maximum Gasteiger partial charge on any atom is 0.328 e. The molecule has 0 radical (unpaired) electrons. The van der Waals surface area contributed by atoms with Gasteiger partial charge in [-0.25, -0.2) is 4.79 Å². The fourth-order valence-corrected chi connectivity index (χ4v) is 5.98. The van der Waals surface area contributed by atoms with Crippen molar-refractivity contribution < 1.29 is 53.3 Å². The number of nitro groups is 1. The van der Waals surface area contributed by atoms with Gasteiger partial charge >= 0.3 is 5.97 Å². The van der Waals surface area contributed by atoms with Crippen molar-refractivity contribution in [1.82, 2.24) is 9.80 Å². The molecule has 2 amide bonds. The second-order valence-electron chi connectivity index (χ2n) is 11.9. The van der Waals surface area contributed by atoms with Crippen LogP contribution >= 0.6 is 0 Å². The zero-order valence-corrected chi connectivity index (χ0v) is 27.4. The smallest absolute Gasteiger partial charge is 0.328 e. The number of benzene rings is 2. The first-order valence-corrected chi connectivity index (χ1v) is 15.6. The Morgan fingerprint density at radius 3 is 2.02 bits per heavy atom. The van der Waals surface area contributed by atoms with Crippen LogP contribution in [0.4, 0.5) is 5.69 Å². The van der Waals surface area contributed by atoms with Gasteiger partial charge in [0.25, 0.3) is 17.5 Å². The van der Waals surface area contributed by atoms with Gasteiger partial charge in [-0.2, -0.15) is 0 Å². The average Bonchev–Trinajstić information content (AvgIpc) is 3.66. The number of aliphatic hydroxyl groups is 2. The number of rotatable bonds is 14. The summed E-state index contributed by atoms with van der Waals surface area (Å²) in [6, 6.07) is 5.63. The average molecular weight is 672 g/mol. The number of nitro benzene ring substituents is 1. The number of amides is 2. The number of esters is 1. The van der Waals surface area contributed by atoms with E-state index in [4.69, 9.17) is 18.9 Å². The molecule has 2 N–H and O–H groups in total. The number of ether oxygens (including phenoxy) is 4. The molecule has 0 aliphatic carbocycles. The van der Waals surface area contributed by atoms with Gasteiger partial charge in [0.15, 0.2) is 17.3 Å². The Labute approximate surface area is 277 Å². The molecule has 48 heavy (non-hydrogen) atoms. The highest BCUT2D eigenvalue weighted by Gasteiger charge is 2.42. The Hall–Kier alpha value is -4.76. The van der Waals surface area contributed by atoms with Crippen molar-refractivity contribution >= 4 is 29.3 Å². The number of aliphatic hydroxyl groups excluding tert-OH is 2. The Bertz CT molecular complexity index is 1550. The van der Waals surface area contributed by atoms with Crippen LogP contribution in [0.15, 0.2) is 30.3 Å². The summed E-state index contributed by atoms with van der Waals surface area (Å²) in [6.45, 7) is 3.75. The van der Waals surface area contributed by atoms with Crippen LogP contribution in [-0.4, -0.2) is 113 Å². The standard InChI is InChI=1S/C33H41N3O12/c1-19-12-21(31(40)34-17-22(38)13-25(34)20(2)37)8-9-28(19)47-10-6-5-7-11-48-30-16-26(36(43)44)24(15-29(30)45-3)32(41)35-18-23(39)14-27(35)33(42)46-4/h8-9,12,15-16,22-23,25,27,38-39H,5-7,10-11,13-14,17-18H2,1-4H3/t22-,23-,25+,27+/m1/s1. The third-order valence-corrected chi connectivity index (χ3v) is 8.46. The number of ketones is 1. The maximum atomic E-state index is 13.3. The molecule has 0 saturated carbocycles. The summed E-state index contributed by atoms with van der Waals surface area (Å²) in [5, 5.41) is 31.9. The van der Waals surface area contributed by atoms with Crippen molar-refractivity contribution in [2.24, 2.45) is 0 Å². The second-order valence-corrected chi connectivity index (χ2v) is 11.9. The maximum absolute atomic E-state index is 13.3. The van der Waals surface area contributed by atoms with Crippen LogP contribution in [0.1, 0.15) is 65.3 Å². The molecular weight excluding hydrogens is 630 g/mol. The first kappa shape index (κ1) is 36.1. The minimum atomic E-state index is -1.08. The van der Waals surface area contributed by atoms with E-state index in [0.29, 0.717) is 37.2 Å². The van der Waals surface area contributed by atoms with Gasteiger partial charge in [0, 0.05) is 37.6 Å². The summed E-state index contributed by atoms with van der Waals surface area (Å²) in [6.07, 6.45) is 0.435. The molecule has 4 atom stereocenters. The molecule has 0 spiro atoms. The summed E-state index contributed by atoms with van der Waals surface area (Å²) in [5.74, 6) is -1.25. The number of hydrogen-bond acceptors (Lipinski definition) is 12. The Morgan fingerprint density at radius 1 is 0.854 bits per heavy atom. The third-order valence-electron chi connectivity index (χ3n) is 8.46. The number of likely N-dealkylation sites (tertiary alicyclic amines) is 2. The van der Waals surface area contributed by atoms with Gasteiger partial charge in [0.2, 0.25) is 0 Å². The second kappa shape index (κ2) is 15.9. The van der Waals surface area contributed by atoms with Gasteiger partial charge in [0.05, 0.1) is 56.7 Å². The number of nitrogens with zero attached hydrogens (tertiary/aromatic N) is 3. The molecule has 260 valence electrons. The van der Waals surface area contributed by atoms with E-state index in [1.807, 2.05) is 6.92 Å². The lowest BCUT2D eigenvalue weighted by molar-refractivity contribution is -0.385. The van der Waals surface area contributed by atoms with Crippen LogP contribution in [0, 0.1) is 17.0 Å². The van der Waals surface area contributed by atoms with Gasteiger partial charge in [-0.1, -0.05) is 0 Å². The summed E-state index contributed by atoms with van der Waals surface area (Å²) >= 11 is 0. The lowest BCUT2D eigenvalue weighted by Gasteiger charge is -2.23. The van der Waals surface area contributed by atoms with Gasteiger partial charge < -0.3 is 39.0 Å². The van der Waals surface area contributed by atoms with Crippen LogP contribution in [-0.2, 0) is 14.3 Å². The quantitative estimate of drug-likeness (QED) is 0.129. The van der Waals surface area contributed by atoms with Gasteiger partial charge in [0.1, 0.15) is 17.4 Å². The molecular formula is C33H41N3O12. The van der Waals surface area contributed by atoms with Crippen LogP contribution in [0.3, 0.4) is 0 Å². The van der Waals surface area contributed by atoms with E-state index in [0.717, 1.165) is 23.6 Å². The SMILES string of the molecule is COC(=O)[C@@H]1C[C@@H](O)CN1C(=O)c1cc(OC)c(OCCCCCOc2ccc(C(=O)N3C[C@H](O)C[C@H]3C(C)=O)cc2C)cc1[N+](=O)[O-]. The van der Waals surface area contributed by atoms with E-state index in [9.17, 15) is 39.5 Å². The number of carbonyl (C=O) groups is 4. The fourth-order valence-electron chi connectivity index (χ4n) is 5.98. The number of Topliss-reactive ketones (excluding diaryl/α,β-unsaturated/α-hetero) is 1. The van der Waals surface area contributed by atoms with Crippen LogP contribution in [0.25, 0.3) is 0 Å². The predicted octanol–water partition coefficient (Wildman–Crippen LogP) is 2.45. The van der Waals surface area contributed by atoms with Crippen molar-refractivity contribution in [2.75, 3.05) is 40.5 Å². The molecule has 2 aromatic carbocycles. The largest absolute Gasteiger partial charge is 0.493 e. The minimum Gasteiger partial charge on any atom is -0.493 e. The first-order chi connectivity index (χ1) is 22.9. The summed E-state index contributed by atoms with van der Waals surface area (Å²) in [7, 11) is 2.49. The molecule has 0 aromatic heterocycles. The number of β-amino-alcohol motifs (C(OH)–C–C–N with tert-alkyl or cyclic N) is 2. The topological polar surface area (TPSA) is 195 Å². The molecule has 2 aromatic rings. The Kier molecular flexibility index (Phi) is 11.9. The zero-order valence-electron chi connectivity index (χ0n) is 27.4. The Balaban J connectivity index is 1.29. The molecule has 2 aliphatic rings. The van der Waals surface area contributed by atoms with E-state index in [1.165, 1.54) is 25.0 Å². The molecule has 15 heteroatoms. The van der Waals surface area contributed by atoms with Crippen molar-refractivity contribution in [3.8, 4) is 17.2 Å². The lowest BCUT2D eigenvalue weighted by Crippen LogP contribution is -2.41. The number of hydrogen-bond donors (Lipinski definition) is 2. The first-order valence-electron chi connectivity index (χ1n) is 15.6. The molecule has 2 saturated heterocycles. The monoisotopic (exact) mass is 671 g/mol. The normalized spacial score (nSPS) is 20.4. The number of methoxy groups -OCH3 is 2. The van der Waals surface area contributed by atoms with Crippen LogP contribution < -0.4 is 14.2 Å². The minimum absolute atomic E-state index is 0.0443. The molecule has 4 rings (SSSR count). The lowest BCUT2D eigenvalue weighted by atomic mass is 10.1. The fraction of sp³-hybridized carbons (Fsp3) is 0.515. The third kappa shape index (κ3) is 8.20. The Morgan fingerprint density at radius 2 is 1.46 bits per heavy atom. The van der Waals surface area contributed by atoms with Gasteiger partial charge in [-0.15, -0.1) is 0 Å². The number of unbranched alkanes of at least 4 members (excludes halogenated alkanes) is 2. The highest BCUT2D eigenvalue weighted by atomic mass is 16.6. The van der Waals surface area contributed by atoms with Gasteiger partial charge in [-0.3, -0.25) is 24.5 Å². The molecule has 2 aliphatic heterocycles. The van der Waals surface area contributed by atoms with Crippen molar-refractivity contribution in [3.05, 3.63) is 57.1 Å². The summed E-state index contributed by atoms with van der Waals surface area (Å²) in [4.78, 5) is 64.1. The predicted molar refractivity (Wildman–Crippen MR) is 169 cm³/mol. The summed E-state index contributed by atoms with van der Waals surface area (Å²) < 4.78 is 21.8. The van der Waals surface area contributed by atoms with E-state index < -0.39 is 46.8 Å². The van der Waals surface area contributed by atoms with Crippen molar-refractivity contribution in [3.63, 3.8) is 0 Å². The van der Waals surface area contributed by atoms with Crippen LogP contribution in [0.2, 0.25) is 0 Å². The zero-order chi connectivity index (χ0) is 35.1. The van der Waals surface area contributed by atoms with E-state index in [1.54, 1.807) is 18.2 Å². The molecule has 2 fully saturated rings. The highest BCUT2D eigenvalue weighted by Crippen LogP contribution is 2.37. The number of aryl methyl sites for hydroxylation is 1. The molecule has 0 unspecified atom stereocenters. The highest BCUT2D eigenvalue weighted by molar-refractivity contribution is 6.01. The molecule has 15 nitrogen and oxygen atoms in total. The van der Waals surface area contributed by atoms with Crippen LogP contribution in [0.5, 0.6) is 17.2 Å². The molecule has 0 bridgehead atoms. The number of carbonyl (C=O) groups excluding carboxylic acids is 4. The van der Waals surface area contributed by atoms with E-state index >= 15 is 0 Å². The van der Waals surface area contributed by atoms with Crippen molar-refractivity contribution in [1.29, 1.82) is 0 Å². The van der Waals surface area contributed by atoms with Gasteiger partial charge in [-0.05, 0) is 56.9 Å².